The Hall–Kier alpha value is -0.790. The molecule has 2 aliphatic carbocycles. The Bertz CT molecular complexity index is 212. The second kappa shape index (κ2) is 2.61. The molecule has 2 saturated carbocycles. The van der Waals surface area contributed by atoms with Crippen LogP contribution in [0.25, 0.3) is 0 Å². The van der Waals surface area contributed by atoms with Crippen LogP contribution >= 0.6 is 0 Å². The van der Waals surface area contributed by atoms with Crippen molar-refractivity contribution in [2.24, 2.45) is 11.3 Å². The molecule has 0 aliphatic heterocycles. The molecule has 0 saturated heterocycles. The van der Waals surface area contributed by atoms with Gasteiger partial charge in [-0.05, 0) is 38.0 Å². The molecule has 2 rings (SSSR count). The molecule has 0 N–H and O–H groups in total. The van der Waals surface area contributed by atoms with E-state index in [0.29, 0.717) is 0 Å². The van der Waals surface area contributed by atoms with E-state index < -0.39 is 0 Å². The molecule has 0 aromatic heterocycles. The molecule has 0 spiro atoms. The molecular formula is C10H14O2. The molecule has 2 nitrogen and oxygen atoms in total. The first kappa shape index (κ1) is 7.84. The van der Waals surface area contributed by atoms with Crippen molar-refractivity contribution in [3.63, 3.8) is 0 Å². The molecule has 0 heterocycles. The van der Waals surface area contributed by atoms with Crippen LogP contribution in [0.1, 0.15) is 32.1 Å². The van der Waals surface area contributed by atoms with Crippen LogP contribution in [0.3, 0.4) is 0 Å². The molecule has 0 aromatic carbocycles. The highest BCUT2D eigenvalue weighted by Gasteiger charge is 2.50. The van der Waals surface area contributed by atoms with E-state index in [2.05, 4.69) is 6.58 Å². The van der Waals surface area contributed by atoms with Gasteiger partial charge >= 0.3 is 5.97 Å². The van der Waals surface area contributed by atoms with Gasteiger partial charge in [0.15, 0.2) is 0 Å². The summed E-state index contributed by atoms with van der Waals surface area (Å²) < 4.78 is 4.87. The summed E-state index contributed by atoms with van der Waals surface area (Å²) in [6.45, 7) is 3.41. The number of hydrogen-bond donors (Lipinski definition) is 0. The molecule has 0 aromatic rings. The maximum Gasteiger partial charge on any atom is 0.316 e. The number of rotatable bonds is 2. The van der Waals surface area contributed by atoms with Crippen LogP contribution in [0.15, 0.2) is 12.8 Å². The average Bonchev–Trinajstić information content (AvgIpc) is 2.64. The SMILES string of the molecule is C=COC(=O)C12CCC(CC1)C2. The van der Waals surface area contributed by atoms with Crippen LogP contribution in [0.5, 0.6) is 0 Å². The highest BCUT2D eigenvalue weighted by atomic mass is 16.5. The lowest BCUT2D eigenvalue weighted by Crippen LogP contribution is -2.26. The molecule has 12 heavy (non-hydrogen) atoms. The molecule has 0 atom stereocenters. The van der Waals surface area contributed by atoms with Gasteiger partial charge in [-0.3, -0.25) is 4.79 Å². The molecule has 2 aliphatic rings. The van der Waals surface area contributed by atoms with Crippen LogP contribution in [-0.2, 0) is 9.53 Å². The van der Waals surface area contributed by atoms with Crippen LogP contribution in [0.2, 0.25) is 0 Å². The number of fused-ring (bicyclic) bond motifs is 2. The highest BCUT2D eigenvalue weighted by Crippen LogP contribution is 2.54. The number of hydrogen-bond acceptors (Lipinski definition) is 2. The number of carbonyl (C=O) groups excluding carboxylic acids is 1. The summed E-state index contributed by atoms with van der Waals surface area (Å²) in [6.07, 6.45) is 6.80. The monoisotopic (exact) mass is 166 g/mol. The fourth-order valence-corrected chi connectivity index (χ4v) is 2.68. The molecule has 0 radical (unpaired) electrons. The van der Waals surface area contributed by atoms with E-state index in [1.165, 1.54) is 19.1 Å². The maximum atomic E-state index is 11.5. The zero-order valence-electron chi connectivity index (χ0n) is 7.21. The molecular weight excluding hydrogens is 152 g/mol. The van der Waals surface area contributed by atoms with Gasteiger partial charge in [-0.25, -0.2) is 0 Å². The molecule has 2 bridgehead atoms. The Morgan fingerprint density at radius 2 is 2.17 bits per heavy atom. The zero-order valence-corrected chi connectivity index (χ0v) is 7.21. The van der Waals surface area contributed by atoms with E-state index in [9.17, 15) is 4.79 Å². The van der Waals surface area contributed by atoms with Crippen molar-refractivity contribution in [1.29, 1.82) is 0 Å². The lowest BCUT2D eigenvalue weighted by molar-refractivity contribution is -0.149. The fraction of sp³-hybridized carbons (Fsp3) is 0.700. The second-order valence-corrected chi connectivity index (χ2v) is 4.00. The van der Waals surface area contributed by atoms with E-state index in [-0.39, 0.29) is 11.4 Å². The van der Waals surface area contributed by atoms with Gasteiger partial charge < -0.3 is 4.74 Å². The quantitative estimate of drug-likeness (QED) is 0.464. The highest BCUT2D eigenvalue weighted by molar-refractivity contribution is 5.78. The minimum atomic E-state index is -0.112. The summed E-state index contributed by atoms with van der Waals surface area (Å²) in [6, 6.07) is 0. The van der Waals surface area contributed by atoms with Crippen molar-refractivity contribution in [3.8, 4) is 0 Å². The third-order valence-corrected chi connectivity index (χ3v) is 3.37. The predicted molar refractivity (Wildman–Crippen MR) is 45.3 cm³/mol. The van der Waals surface area contributed by atoms with Crippen molar-refractivity contribution < 1.29 is 9.53 Å². The smallest absolute Gasteiger partial charge is 0.316 e. The Morgan fingerprint density at radius 1 is 1.50 bits per heavy atom. The van der Waals surface area contributed by atoms with Crippen molar-refractivity contribution in [2.75, 3.05) is 0 Å². The second-order valence-electron chi connectivity index (χ2n) is 4.00. The molecule has 0 amide bonds. The van der Waals surface area contributed by atoms with Gasteiger partial charge in [-0.15, -0.1) is 0 Å². The third-order valence-electron chi connectivity index (χ3n) is 3.37. The van der Waals surface area contributed by atoms with Gasteiger partial charge in [-0.2, -0.15) is 0 Å². The average molecular weight is 166 g/mol. The van der Waals surface area contributed by atoms with Gasteiger partial charge in [0.1, 0.15) is 0 Å². The van der Waals surface area contributed by atoms with Gasteiger partial charge in [0.2, 0.25) is 0 Å². The topological polar surface area (TPSA) is 26.3 Å². The zero-order chi connectivity index (χ0) is 8.60. The summed E-state index contributed by atoms with van der Waals surface area (Å²) in [4.78, 5) is 11.5. The lowest BCUT2D eigenvalue weighted by Gasteiger charge is -2.22. The first-order valence-electron chi connectivity index (χ1n) is 4.59. The van der Waals surface area contributed by atoms with E-state index in [1.54, 1.807) is 0 Å². The molecule has 66 valence electrons. The first-order chi connectivity index (χ1) is 5.77. The van der Waals surface area contributed by atoms with Gasteiger partial charge in [-0.1, -0.05) is 6.58 Å². The summed E-state index contributed by atoms with van der Waals surface area (Å²) >= 11 is 0. The van der Waals surface area contributed by atoms with E-state index in [0.717, 1.165) is 25.2 Å². The molecule has 2 heteroatoms. The van der Waals surface area contributed by atoms with Crippen LogP contribution in [0.4, 0.5) is 0 Å². The van der Waals surface area contributed by atoms with Gasteiger partial charge in [0.25, 0.3) is 0 Å². The lowest BCUT2D eigenvalue weighted by atomic mass is 9.84. The third kappa shape index (κ3) is 0.977. The molecule has 2 fully saturated rings. The normalized spacial score (nSPS) is 38.2. The van der Waals surface area contributed by atoms with Gasteiger partial charge in [0.05, 0.1) is 11.7 Å². The van der Waals surface area contributed by atoms with E-state index >= 15 is 0 Å². The number of ether oxygens (including phenoxy) is 1. The van der Waals surface area contributed by atoms with Crippen LogP contribution in [0, 0.1) is 11.3 Å². The van der Waals surface area contributed by atoms with Crippen molar-refractivity contribution in [1.82, 2.24) is 0 Å². The maximum absolute atomic E-state index is 11.5. The summed E-state index contributed by atoms with van der Waals surface area (Å²) in [7, 11) is 0. The number of carbonyl (C=O) groups is 1. The van der Waals surface area contributed by atoms with Gasteiger partial charge in [0, 0.05) is 0 Å². The molecule has 0 unspecified atom stereocenters. The standard InChI is InChI=1S/C10H14O2/c1-2-12-9(11)10-5-3-8(7-10)4-6-10/h2,8H,1,3-7H2. The van der Waals surface area contributed by atoms with E-state index in [4.69, 9.17) is 4.74 Å². The summed E-state index contributed by atoms with van der Waals surface area (Å²) in [5.74, 6) is 0.750. The minimum absolute atomic E-state index is 0.0440. The van der Waals surface area contributed by atoms with Crippen molar-refractivity contribution in [3.05, 3.63) is 12.8 Å². The Labute approximate surface area is 72.6 Å². The van der Waals surface area contributed by atoms with E-state index in [1.807, 2.05) is 0 Å². The summed E-state index contributed by atoms with van der Waals surface area (Å²) in [5.41, 5.74) is -0.112. The van der Waals surface area contributed by atoms with Crippen LogP contribution in [-0.4, -0.2) is 5.97 Å². The fourth-order valence-electron chi connectivity index (χ4n) is 2.68. The Morgan fingerprint density at radius 3 is 2.58 bits per heavy atom. The number of esters is 1. The minimum Gasteiger partial charge on any atom is -0.435 e. The van der Waals surface area contributed by atoms with Crippen molar-refractivity contribution >= 4 is 5.97 Å². The summed E-state index contributed by atoms with van der Waals surface area (Å²) in [5, 5.41) is 0. The Balaban J connectivity index is 2.10. The van der Waals surface area contributed by atoms with Crippen molar-refractivity contribution in [2.45, 2.75) is 32.1 Å². The van der Waals surface area contributed by atoms with Crippen LogP contribution < -0.4 is 0 Å². The Kier molecular flexibility index (Phi) is 1.71. The first-order valence-corrected chi connectivity index (χ1v) is 4.59. The predicted octanol–water partition coefficient (Wildman–Crippen LogP) is 2.25. The largest absolute Gasteiger partial charge is 0.435 e.